The number of aromatic nitrogens is 3. The SMILES string of the molecule is COC(=O)c1csc(Nc2c(C)n[nH]c2C)n1. The van der Waals surface area contributed by atoms with Crippen LogP contribution < -0.4 is 5.32 Å². The van der Waals surface area contributed by atoms with E-state index in [0.717, 1.165) is 17.1 Å². The van der Waals surface area contributed by atoms with Crippen molar-refractivity contribution in [3.05, 3.63) is 22.5 Å². The molecule has 2 heterocycles. The van der Waals surface area contributed by atoms with E-state index in [4.69, 9.17) is 0 Å². The molecule has 0 aromatic carbocycles. The van der Waals surface area contributed by atoms with Crippen molar-refractivity contribution in [1.82, 2.24) is 15.2 Å². The van der Waals surface area contributed by atoms with Gasteiger partial charge >= 0.3 is 5.97 Å². The van der Waals surface area contributed by atoms with Crippen LogP contribution in [0.25, 0.3) is 0 Å². The van der Waals surface area contributed by atoms with Crippen LogP contribution in [0.5, 0.6) is 0 Å². The Morgan fingerprint density at radius 1 is 1.53 bits per heavy atom. The highest BCUT2D eigenvalue weighted by molar-refractivity contribution is 7.14. The highest BCUT2D eigenvalue weighted by atomic mass is 32.1. The molecule has 2 aromatic rings. The zero-order valence-electron chi connectivity index (χ0n) is 9.70. The van der Waals surface area contributed by atoms with E-state index in [1.165, 1.54) is 18.4 Å². The van der Waals surface area contributed by atoms with Crippen molar-refractivity contribution in [1.29, 1.82) is 0 Å². The van der Waals surface area contributed by atoms with Crippen LogP contribution in [-0.2, 0) is 4.74 Å². The van der Waals surface area contributed by atoms with Crippen molar-refractivity contribution in [2.75, 3.05) is 12.4 Å². The van der Waals surface area contributed by atoms with Crippen molar-refractivity contribution in [3.8, 4) is 0 Å². The van der Waals surface area contributed by atoms with Gasteiger partial charge in [-0.05, 0) is 13.8 Å². The molecule has 2 rings (SSSR count). The number of carbonyl (C=O) groups excluding carboxylic acids is 1. The maximum absolute atomic E-state index is 11.2. The van der Waals surface area contributed by atoms with Gasteiger partial charge in [0, 0.05) is 5.38 Å². The van der Waals surface area contributed by atoms with Gasteiger partial charge in [0.05, 0.1) is 24.2 Å². The number of methoxy groups -OCH3 is 1. The molecule has 0 atom stereocenters. The molecule has 0 saturated carbocycles. The summed E-state index contributed by atoms with van der Waals surface area (Å²) in [6.45, 7) is 3.80. The Hall–Kier alpha value is -1.89. The van der Waals surface area contributed by atoms with Crippen molar-refractivity contribution >= 4 is 28.1 Å². The molecular formula is C10H12N4O2S. The molecule has 0 unspecified atom stereocenters. The van der Waals surface area contributed by atoms with Crippen molar-refractivity contribution < 1.29 is 9.53 Å². The van der Waals surface area contributed by atoms with E-state index in [9.17, 15) is 4.79 Å². The molecule has 90 valence electrons. The number of rotatable bonds is 3. The van der Waals surface area contributed by atoms with E-state index in [1.54, 1.807) is 5.38 Å². The number of nitrogens with zero attached hydrogens (tertiary/aromatic N) is 2. The Morgan fingerprint density at radius 3 is 2.88 bits per heavy atom. The first-order valence-electron chi connectivity index (χ1n) is 4.94. The normalized spacial score (nSPS) is 10.3. The van der Waals surface area contributed by atoms with E-state index < -0.39 is 5.97 Å². The fraction of sp³-hybridized carbons (Fsp3) is 0.300. The summed E-state index contributed by atoms with van der Waals surface area (Å²) in [6, 6.07) is 0. The molecule has 6 nitrogen and oxygen atoms in total. The van der Waals surface area contributed by atoms with Crippen LogP contribution in [0, 0.1) is 13.8 Å². The van der Waals surface area contributed by atoms with Gasteiger partial charge in [-0.25, -0.2) is 9.78 Å². The Balaban J connectivity index is 2.20. The van der Waals surface area contributed by atoms with E-state index in [1.807, 2.05) is 13.8 Å². The second-order valence-electron chi connectivity index (χ2n) is 3.46. The fourth-order valence-electron chi connectivity index (χ4n) is 1.37. The van der Waals surface area contributed by atoms with Gasteiger partial charge in [0.15, 0.2) is 10.8 Å². The first-order valence-corrected chi connectivity index (χ1v) is 5.82. The molecule has 0 aliphatic rings. The van der Waals surface area contributed by atoms with Crippen LogP contribution in [0.15, 0.2) is 5.38 Å². The zero-order valence-corrected chi connectivity index (χ0v) is 10.5. The Kier molecular flexibility index (Phi) is 3.10. The number of carbonyl (C=O) groups is 1. The van der Waals surface area contributed by atoms with Gasteiger partial charge < -0.3 is 10.1 Å². The minimum atomic E-state index is -0.435. The number of anilines is 2. The van der Waals surface area contributed by atoms with Crippen LogP contribution in [0.3, 0.4) is 0 Å². The minimum Gasteiger partial charge on any atom is -0.464 e. The van der Waals surface area contributed by atoms with Gasteiger partial charge in [0.2, 0.25) is 0 Å². The van der Waals surface area contributed by atoms with Gasteiger partial charge in [-0.1, -0.05) is 0 Å². The molecule has 2 N–H and O–H groups in total. The summed E-state index contributed by atoms with van der Waals surface area (Å²) in [7, 11) is 1.33. The molecule has 0 bridgehead atoms. The summed E-state index contributed by atoms with van der Waals surface area (Å²) in [6.07, 6.45) is 0. The standard InChI is InChI=1S/C10H12N4O2S/c1-5-8(6(2)14-13-5)12-10-11-7(4-17-10)9(15)16-3/h4H,1-3H3,(H,11,12)(H,13,14). The molecule has 0 amide bonds. The lowest BCUT2D eigenvalue weighted by Gasteiger charge is -2.01. The van der Waals surface area contributed by atoms with Crippen LogP contribution in [0.1, 0.15) is 21.9 Å². The number of hydrogen-bond acceptors (Lipinski definition) is 6. The topological polar surface area (TPSA) is 79.9 Å². The smallest absolute Gasteiger partial charge is 0.357 e. The monoisotopic (exact) mass is 252 g/mol. The molecule has 2 aromatic heterocycles. The minimum absolute atomic E-state index is 0.304. The van der Waals surface area contributed by atoms with Crippen molar-refractivity contribution in [2.24, 2.45) is 0 Å². The van der Waals surface area contributed by atoms with Crippen LogP contribution in [0.2, 0.25) is 0 Å². The molecule has 0 aliphatic carbocycles. The first kappa shape index (κ1) is 11.6. The van der Waals surface area contributed by atoms with Crippen LogP contribution >= 0.6 is 11.3 Å². The highest BCUT2D eigenvalue weighted by Gasteiger charge is 2.12. The maximum atomic E-state index is 11.2. The van der Waals surface area contributed by atoms with Gasteiger partial charge in [-0.3, -0.25) is 5.10 Å². The largest absolute Gasteiger partial charge is 0.464 e. The first-order chi connectivity index (χ1) is 8.11. The van der Waals surface area contributed by atoms with E-state index in [0.29, 0.717) is 10.8 Å². The molecule has 0 saturated heterocycles. The third-order valence-electron chi connectivity index (χ3n) is 2.26. The second-order valence-corrected chi connectivity index (χ2v) is 4.32. The average Bonchev–Trinajstić information content (AvgIpc) is 2.90. The van der Waals surface area contributed by atoms with Crippen LogP contribution in [-0.4, -0.2) is 28.3 Å². The Labute approximate surface area is 102 Å². The van der Waals surface area contributed by atoms with E-state index in [-0.39, 0.29) is 0 Å². The summed E-state index contributed by atoms with van der Waals surface area (Å²) in [5.41, 5.74) is 2.98. The third kappa shape index (κ3) is 2.28. The quantitative estimate of drug-likeness (QED) is 0.817. The van der Waals surface area contributed by atoms with E-state index in [2.05, 4.69) is 25.2 Å². The number of aryl methyl sites for hydroxylation is 2. The Bertz CT molecular complexity index is 527. The van der Waals surface area contributed by atoms with Crippen molar-refractivity contribution in [2.45, 2.75) is 13.8 Å². The van der Waals surface area contributed by atoms with Gasteiger partial charge in [-0.15, -0.1) is 11.3 Å². The average molecular weight is 252 g/mol. The number of hydrogen-bond donors (Lipinski definition) is 2. The molecule has 0 aliphatic heterocycles. The Morgan fingerprint density at radius 2 is 2.29 bits per heavy atom. The summed E-state index contributed by atoms with van der Waals surface area (Å²) in [5, 5.41) is 12.4. The number of thiazole rings is 1. The summed E-state index contributed by atoms with van der Waals surface area (Å²) < 4.78 is 4.59. The van der Waals surface area contributed by atoms with E-state index >= 15 is 0 Å². The lowest BCUT2D eigenvalue weighted by Crippen LogP contribution is -2.01. The third-order valence-corrected chi connectivity index (χ3v) is 3.02. The number of aromatic amines is 1. The molecule has 0 radical (unpaired) electrons. The molecule has 0 fully saturated rings. The fourth-order valence-corrected chi connectivity index (χ4v) is 2.06. The zero-order chi connectivity index (χ0) is 12.4. The molecule has 7 heteroatoms. The number of ether oxygens (including phenoxy) is 1. The molecule has 17 heavy (non-hydrogen) atoms. The van der Waals surface area contributed by atoms with Crippen LogP contribution in [0.4, 0.5) is 10.8 Å². The van der Waals surface area contributed by atoms with Gasteiger partial charge in [0.25, 0.3) is 0 Å². The summed E-state index contributed by atoms with van der Waals surface area (Å²) in [4.78, 5) is 15.4. The predicted octanol–water partition coefficient (Wildman–Crippen LogP) is 2.01. The van der Waals surface area contributed by atoms with Crippen molar-refractivity contribution in [3.63, 3.8) is 0 Å². The lowest BCUT2D eigenvalue weighted by molar-refractivity contribution is 0.0595. The second kappa shape index (κ2) is 4.54. The highest BCUT2D eigenvalue weighted by Crippen LogP contribution is 2.24. The van der Waals surface area contributed by atoms with Gasteiger partial charge in [0.1, 0.15) is 0 Å². The number of nitrogens with one attached hydrogen (secondary N) is 2. The summed E-state index contributed by atoms with van der Waals surface area (Å²) in [5.74, 6) is -0.435. The van der Waals surface area contributed by atoms with Gasteiger partial charge in [-0.2, -0.15) is 5.10 Å². The number of H-pyrrole nitrogens is 1. The molecular weight excluding hydrogens is 240 g/mol. The maximum Gasteiger partial charge on any atom is 0.357 e. The summed E-state index contributed by atoms with van der Waals surface area (Å²) >= 11 is 1.34. The lowest BCUT2D eigenvalue weighted by atomic mass is 10.3. The number of esters is 1. The molecule has 0 spiro atoms. The predicted molar refractivity (Wildman–Crippen MR) is 64.8 cm³/mol.